The molecule has 1 heterocycles. The van der Waals surface area contributed by atoms with Crippen molar-refractivity contribution in [3.8, 4) is 0 Å². The highest BCUT2D eigenvalue weighted by Crippen LogP contribution is 2.16. The Balaban J connectivity index is 1.85. The average Bonchev–Trinajstić information content (AvgIpc) is 2.98. The van der Waals surface area contributed by atoms with Crippen molar-refractivity contribution >= 4 is 34.0 Å². The lowest BCUT2D eigenvalue weighted by molar-refractivity contribution is -0.119. The Labute approximate surface area is 144 Å². The van der Waals surface area contributed by atoms with E-state index in [2.05, 4.69) is 22.2 Å². The van der Waals surface area contributed by atoms with Crippen LogP contribution in [0.3, 0.4) is 0 Å². The summed E-state index contributed by atoms with van der Waals surface area (Å²) in [6.45, 7) is 7.68. The molecule has 2 aromatic rings. The highest BCUT2D eigenvalue weighted by Gasteiger charge is 2.14. The number of nitrogens with one attached hydrogen (secondary N) is 2. The number of carbonyl (C=O) groups is 2. The summed E-state index contributed by atoms with van der Waals surface area (Å²) in [5, 5.41) is 7.86. The van der Waals surface area contributed by atoms with Gasteiger partial charge in [-0.25, -0.2) is 9.78 Å². The van der Waals surface area contributed by atoms with Crippen LogP contribution >= 0.6 is 11.3 Å². The number of aromatic nitrogens is 1. The van der Waals surface area contributed by atoms with Gasteiger partial charge in [0.15, 0.2) is 17.4 Å². The number of ether oxygens (including phenoxy) is 1. The van der Waals surface area contributed by atoms with Gasteiger partial charge in [-0.3, -0.25) is 4.79 Å². The molecule has 0 saturated heterocycles. The van der Waals surface area contributed by atoms with Crippen LogP contribution < -0.4 is 10.6 Å². The van der Waals surface area contributed by atoms with Gasteiger partial charge in [0.05, 0.1) is 0 Å². The molecule has 1 aromatic carbocycles. The molecule has 0 bridgehead atoms. The number of hydrogen-bond donors (Lipinski definition) is 2. The van der Waals surface area contributed by atoms with E-state index in [1.165, 1.54) is 11.3 Å². The first-order valence-electron chi connectivity index (χ1n) is 7.33. The number of anilines is 2. The minimum Gasteiger partial charge on any atom is -0.451 e. The average molecular weight is 345 g/mol. The predicted octanol–water partition coefficient (Wildman–Crippen LogP) is 3.15. The van der Waals surface area contributed by atoms with Gasteiger partial charge < -0.3 is 15.4 Å². The van der Waals surface area contributed by atoms with Gasteiger partial charge in [0.25, 0.3) is 5.91 Å². The molecule has 126 valence electrons. The van der Waals surface area contributed by atoms with Crippen molar-refractivity contribution in [2.24, 2.45) is 0 Å². The van der Waals surface area contributed by atoms with Gasteiger partial charge in [-0.1, -0.05) is 12.1 Å². The van der Waals surface area contributed by atoms with Gasteiger partial charge in [0, 0.05) is 17.6 Å². The summed E-state index contributed by atoms with van der Waals surface area (Å²) in [6.07, 6.45) is 1.69. The van der Waals surface area contributed by atoms with E-state index in [1.807, 2.05) is 32.0 Å². The molecule has 0 spiro atoms. The smallest absolute Gasteiger partial charge is 0.358 e. The van der Waals surface area contributed by atoms with Gasteiger partial charge in [-0.2, -0.15) is 0 Å². The molecule has 1 amide bonds. The van der Waals surface area contributed by atoms with Crippen LogP contribution in [0.1, 0.15) is 21.6 Å². The first-order chi connectivity index (χ1) is 11.5. The molecule has 7 heteroatoms. The number of esters is 1. The highest BCUT2D eigenvalue weighted by molar-refractivity contribution is 7.13. The van der Waals surface area contributed by atoms with E-state index in [0.29, 0.717) is 17.4 Å². The maximum Gasteiger partial charge on any atom is 0.358 e. The summed E-state index contributed by atoms with van der Waals surface area (Å²) in [5.74, 6) is -1.03. The lowest BCUT2D eigenvalue weighted by Crippen LogP contribution is -2.21. The lowest BCUT2D eigenvalue weighted by Gasteiger charge is -2.07. The van der Waals surface area contributed by atoms with Crippen molar-refractivity contribution in [2.75, 3.05) is 23.8 Å². The summed E-state index contributed by atoms with van der Waals surface area (Å²) < 4.78 is 4.99. The van der Waals surface area contributed by atoms with Gasteiger partial charge >= 0.3 is 5.97 Å². The van der Waals surface area contributed by atoms with E-state index in [1.54, 1.807) is 11.5 Å². The molecule has 1 aromatic heterocycles. The van der Waals surface area contributed by atoms with E-state index >= 15 is 0 Å². The molecule has 0 saturated carbocycles. The van der Waals surface area contributed by atoms with Crippen LogP contribution in [0.25, 0.3) is 0 Å². The molecule has 24 heavy (non-hydrogen) atoms. The third-order valence-corrected chi connectivity index (χ3v) is 3.75. The fraction of sp³-hybridized carbons (Fsp3) is 0.235. The van der Waals surface area contributed by atoms with Crippen molar-refractivity contribution in [3.05, 3.63) is 53.1 Å². The Bertz CT molecular complexity index is 735. The fourth-order valence-electron chi connectivity index (χ4n) is 2.06. The first kappa shape index (κ1) is 17.7. The zero-order valence-corrected chi connectivity index (χ0v) is 14.4. The van der Waals surface area contributed by atoms with Gasteiger partial charge in [-0.05, 0) is 37.1 Å². The van der Waals surface area contributed by atoms with Crippen LogP contribution in [-0.2, 0) is 9.53 Å². The van der Waals surface area contributed by atoms with Crippen LogP contribution in [0.4, 0.5) is 10.8 Å². The Morgan fingerprint density at radius 2 is 2.00 bits per heavy atom. The molecule has 2 rings (SSSR count). The first-order valence-corrected chi connectivity index (χ1v) is 8.21. The number of aryl methyl sites for hydroxylation is 2. The number of rotatable bonds is 7. The summed E-state index contributed by atoms with van der Waals surface area (Å²) in [7, 11) is 0. The maximum absolute atomic E-state index is 11.9. The summed E-state index contributed by atoms with van der Waals surface area (Å²) in [4.78, 5) is 27.9. The number of hydrogen-bond acceptors (Lipinski definition) is 6. The topological polar surface area (TPSA) is 80.3 Å². The van der Waals surface area contributed by atoms with Crippen LogP contribution in [0.2, 0.25) is 0 Å². The van der Waals surface area contributed by atoms with Crippen molar-refractivity contribution in [1.29, 1.82) is 0 Å². The molecule has 0 aliphatic rings. The van der Waals surface area contributed by atoms with Crippen molar-refractivity contribution < 1.29 is 14.3 Å². The molecular weight excluding hydrogens is 326 g/mol. The van der Waals surface area contributed by atoms with E-state index in [4.69, 9.17) is 4.74 Å². The molecule has 0 unspecified atom stereocenters. The zero-order chi connectivity index (χ0) is 17.5. The minimum atomic E-state index is -0.631. The summed E-state index contributed by atoms with van der Waals surface area (Å²) in [6, 6.07) is 5.71. The Hall–Kier alpha value is -2.67. The summed E-state index contributed by atoms with van der Waals surface area (Å²) >= 11 is 1.29. The summed E-state index contributed by atoms with van der Waals surface area (Å²) in [5.41, 5.74) is 2.94. The molecule has 0 atom stereocenters. The second-order valence-electron chi connectivity index (χ2n) is 5.21. The van der Waals surface area contributed by atoms with Crippen LogP contribution in [0.15, 0.2) is 36.2 Å². The zero-order valence-electron chi connectivity index (χ0n) is 13.6. The number of nitrogens with zero attached hydrogens (tertiary/aromatic N) is 1. The standard InChI is InChI=1S/C17H19N3O3S/c1-4-5-18-17-20-14(10-24-17)16(22)23-9-15(21)19-13-7-11(2)6-12(3)8-13/h4,6-8,10H,1,5,9H2,2-3H3,(H,18,20)(H,19,21). The van der Waals surface area contributed by atoms with E-state index in [9.17, 15) is 9.59 Å². The third kappa shape index (κ3) is 5.20. The molecule has 0 aliphatic heterocycles. The van der Waals surface area contributed by atoms with E-state index in [-0.39, 0.29) is 12.3 Å². The van der Waals surface area contributed by atoms with Crippen molar-refractivity contribution in [1.82, 2.24) is 4.98 Å². The normalized spacial score (nSPS) is 10.1. The Kier molecular flexibility index (Phi) is 6.08. The van der Waals surface area contributed by atoms with Crippen LogP contribution in [0, 0.1) is 13.8 Å². The van der Waals surface area contributed by atoms with Gasteiger partial charge in [0.2, 0.25) is 0 Å². The number of carbonyl (C=O) groups excluding carboxylic acids is 2. The molecule has 0 fully saturated rings. The molecule has 0 radical (unpaired) electrons. The van der Waals surface area contributed by atoms with E-state index < -0.39 is 11.9 Å². The minimum absolute atomic E-state index is 0.172. The fourth-order valence-corrected chi connectivity index (χ4v) is 2.75. The molecule has 6 nitrogen and oxygen atoms in total. The second-order valence-corrected chi connectivity index (χ2v) is 6.07. The Morgan fingerprint density at radius 1 is 1.29 bits per heavy atom. The van der Waals surface area contributed by atoms with Crippen LogP contribution in [-0.4, -0.2) is 30.0 Å². The quantitative estimate of drug-likeness (QED) is 0.595. The molecule has 0 aliphatic carbocycles. The lowest BCUT2D eigenvalue weighted by atomic mass is 10.1. The van der Waals surface area contributed by atoms with Crippen molar-refractivity contribution in [3.63, 3.8) is 0 Å². The van der Waals surface area contributed by atoms with Gasteiger partial charge in [-0.15, -0.1) is 17.9 Å². The number of amides is 1. The number of thiazole rings is 1. The van der Waals surface area contributed by atoms with Gasteiger partial charge in [0.1, 0.15) is 0 Å². The Morgan fingerprint density at radius 3 is 2.67 bits per heavy atom. The molecule has 2 N–H and O–H groups in total. The van der Waals surface area contributed by atoms with Crippen molar-refractivity contribution in [2.45, 2.75) is 13.8 Å². The SMILES string of the molecule is C=CCNc1nc(C(=O)OCC(=O)Nc2cc(C)cc(C)c2)cs1. The third-order valence-electron chi connectivity index (χ3n) is 2.95. The number of benzene rings is 1. The monoisotopic (exact) mass is 345 g/mol. The maximum atomic E-state index is 11.9. The largest absolute Gasteiger partial charge is 0.451 e. The molecular formula is C17H19N3O3S. The van der Waals surface area contributed by atoms with Crippen LogP contribution in [0.5, 0.6) is 0 Å². The van der Waals surface area contributed by atoms with E-state index in [0.717, 1.165) is 11.1 Å². The predicted molar refractivity (Wildman–Crippen MR) is 95.6 cm³/mol. The second kappa shape index (κ2) is 8.26. The highest BCUT2D eigenvalue weighted by atomic mass is 32.1.